The molecule has 1 aliphatic rings. The Morgan fingerprint density at radius 2 is 1.96 bits per heavy atom. The van der Waals surface area contributed by atoms with E-state index >= 15 is 0 Å². The maximum Gasteiger partial charge on any atom is 0.199 e. The molecule has 0 aromatic heterocycles. The van der Waals surface area contributed by atoms with Crippen molar-refractivity contribution in [2.45, 2.75) is 39.3 Å². The Bertz CT molecular complexity index is 702. The molecule has 0 aliphatic carbocycles. The number of ether oxygens (including phenoxy) is 2. The summed E-state index contributed by atoms with van der Waals surface area (Å²) in [5.74, 6) is 1.17. The second kappa shape index (κ2) is 9.99. The Morgan fingerprint density at radius 3 is 2.59 bits per heavy atom. The van der Waals surface area contributed by atoms with Crippen molar-refractivity contribution in [3.05, 3.63) is 40.6 Å². The van der Waals surface area contributed by atoms with E-state index in [0.29, 0.717) is 36.7 Å². The summed E-state index contributed by atoms with van der Waals surface area (Å²) in [4.78, 5) is 12.3. The number of nitrogens with zero attached hydrogens (tertiary/aromatic N) is 2. The number of halogens is 2. The van der Waals surface area contributed by atoms with Crippen LogP contribution in [0.15, 0.2) is 40.2 Å². The number of carbonyl (C=O) groups is 1. The third kappa shape index (κ3) is 6.74. The van der Waals surface area contributed by atoms with Gasteiger partial charge in [0.15, 0.2) is 11.5 Å². The van der Waals surface area contributed by atoms with Crippen molar-refractivity contribution < 1.29 is 18.2 Å². The zero-order valence-corrected chi connectivity index (χ0v) is 17.3. The molecule has 0 fully saturated rings. The van der Waals surface area contributed by atoms with Gasteiger partial charge in [0.05, 0.1) is 18.4 Å². The first kappa shape index (κ1) is 21.6. The van der Waals surface area contributed by atoms with Crippen LogP contribution in [0.1, 0.15) is 32.8 Å². The summed E-state index contributed by atoms with van der Waals surface area (Å²) in [6.07, 6.45) is 2.14. The second-order valence-corrected chi connectivity index (χ2v) is 8.03. The van der Waals surface area contributed by atoms with Gasteiger partial charge in [0.25, 0.3) is 0 Å². The standard InChI is InChI=1S/C19H24ClFN2O3S/c1-19(2,3)23-12-16(24)18(20)17(11-22-23)26-13-14-5-7-15(8-6-14)25-9-4-10-27-21/h5-8,11H,4,9-10,12-13H2,1-3H3. The Hall–Kier alpha value is -1.73. The van der Waals surface area contributed by atoms with Crippen LogP contribution in [-0.4, -0.2) is 41.5 Å². The summed E-state index contributed by atoms with van der Waals surface area (Å²) in [7, 11) is 0. The molecule has 0 bridgehead atoms. The third-order valence-electron chi connectivity index (χ3n) is 3.80. The van der Waals surface area contributed by atoms with E-state index in [9.17, 15) is 8.68 Å². The van der Waals surface area contributed by atoms with Crippen LogP contribution in [-0.2, 0) is 16.1 Å². The van der Waals surface area contributed by atoms with Crippen LogP contribution in [0.25, 0.3) is 0 Å². The quantitative estimate of drug-likeness (QED) is 0.576. The van der Waals surface area contributed by atoms with Crippen molar-refractivity contribution in [1.82, 2.24) is 5.01 Å². The lowest BCUT2D eigenvalue weighted by Crippen LogP contribution is -2.40. The number of carbonyl (C=O) groups excluding carboxylic acids is 1. The first-order valence-electron chi connectivity index (χ1n) is 8.64. The van der Waals surface area contributed by atoms with Gasteiger partial charge in [-0.1, -0.05) is 23.7 Å². The van der Waals surface area contributed by atoms with E-state index in [2.05, 4.69) is 5.10 Å². The molecular formula is C19H24ClFN2O3S. The van der Waals surface area contributed by atoms with Gasteiger partial charge in [0.2, 0.25) is 0 Å². The van der Waals surface area contributed by atoms with Crippen LogP contribution in [0.5, 0.6) is 5.75 Å². The molecule has 0 radical (unpaired) electrons. The van der Waals surface area contributed by atoms with Crippen LogP contribution < -0.4 is 4.74 Å². The van der Waals surface area contributed by atoms with E-state index in [1.807, 2.05) is 45.0 Å². The van der Waals surface area contributed by atoms with Gasteiger partial charge < -0.3 is 9.47 Å². The van der Waals surface area contributed by atoms with Crippen LogP contribution in [0, 0.1) is 0 Å². The normalized spacial score (nSPS) is 15.1. The molecule has 1 aliphatic heterocycles. The predicted octanol–water partition coefficient (Wildman–Crippen LogP) is 4.71. The molecule has 2 rings (SSSR count). The average Bonchev–Trinajstić information content (AvgIpc) is 2.77. The molecule has 1 aromatic carbocycles. The van der Waals surface area contributed by atoms with Crippen LogP contribution in [0.4, 0.5) is 3.89 Å². The summed E-state index contributed by atoms with van der Waals surface area (Å²) < 4.78 is 23.2. The summed E-state index contributed by atoms with van der Waals surface area (Å²) >= 11 is 6.48. The van der Waals surface area contributed by atoms with Crippen molar-refractivity contribution >= 4 is 35.7 Å². The van der Waals surface area contributed by atoms with Crippen molar-refractivity contribution in [3.8, 4) is 5.75 Å². The van der Waals surface area contributed by atoms with Crippen molar-refractivity contribution in [1.29, 1.82) is 0 Å². The summed E-state index contributed by atoms with van der Waals surface area (Å²) in [5, 5.41) is 6.06. The first-order valence-corrected chi connectivity index (χ1v) is 9.90. The third-order valence-corrected chi connectivity index (χ3v) is 4.64. The lowest BCUT2D eigenvalue weighted by Gasteiger charge is -2.31. The highest BCUT2D eigenvalue weighted by atomic mass is 35.5. The molecule has 0 saturated carbocycles. The van der Waals surface area contributed by atoms with E-state index in [-0.39, 0.29) is 35.3 Å². The largest absolute Gasteiger partial charge is 0.494 e. The van der Waals surface area contributed by atoms with Gasteiger partial charge in [0, 0.05) is 17.9 Å². The molecule has 0 saturated heterocycles. The SMILES string of the molecule is CC(C)(C)N1CC(=O)C(Cl)=C(OCc2ccc(OCCCSF)cc2)C=N1. The highest BCUT2D eigenvalue weighted by Crippen LogP contribution is 2.22. The number of Topliss-reactive ketones (excluding diaryl/α,β-unsaturated/α-hetero) is 1. The highest BCUT2D eigenvalue weighted by molar-refractivity contribution is 7.94. The fraction of sp³-hybridized carbons (Fsp3) is 0.474. The van der Waals surface area contributed by atoms with Gasteiger partial charge in [-0.3, -0.25) is 9.80 Å². The van der Waals surface area contributed by atoms with Gasteiger partial charge in [-0.15, -0.1) is 0 Å². The Balaban J connectivity index is 1.94. The number of rotatable bonds is 8. The molecule has 1 heterocycles. The number of hydrogen-bond donors (Lipinski definition) is 0. The number of hydrazone groups is 1. The number of ketones is 1. The van der Waals surface area contributed by atoms with E-state index in [0.717, 1.165) is 5.56 Å². The minimum absolute atomic E-state index is 0.0520. The molecule has 27 heavy (non-hydrogen) atoms. The molecule has 0 unspecified atom stereocenters. The van der Waals surface area contributed by atoms with E-state index < -0.39 is 0 Å². The molecule has 0 atom stereocenters. The zero-order valence-electron chi connectivity index (χ0n) is 15.7. The molecule has 148 valence electrons. The van der Waals surface area contributed by atoms with Crippen LogP contribution in [0.2, 0.25) is 0 Å². The molecule has 0 amide bonds. The van der Waals surface area contributed by atoms with Crippen molar-refractivity contribution in [3.63, 3.8) is 0 Å². The molecule has 0 spiro atoms. The molecular weight excluding hydrogens is 391 g/mol. The molecule has 8 heteroatoms. The van der Waals surface area contributed by atoms with Crippen LogP contribution >= 0.6 is 23.7 Å². The predicted molar refractivity (Wildman–Crippen MR) is 108 cm³/mol. The Morgan fingerprint density at radius 1 is 1.26 bits per heavy atom. The van der Waals surface area contributed by atoms with Gasteiger partial charge in [-0.25, -0.2) is 0 Å². The molecule has 5 nitrogen and oxygen atoms in total. The smallest absolute Gasteiger partial charge is 0.199 e. The first-order chi connectivity index (χ1) is 12.8. The van der Waals surface area contributed by atoms with E-state index in [1.165, 1.54) is 6.21 Å². The average molecular weight is 415 g/mol. The number of allylic oxidation sites excluding steroid dienone is 1. The van der Waals surface area contributed by atoms with E-state index in [4.69, 9.17) is 21.1 Å². The monoisotopic (exact) mass is 414 g/mol. The van der Waals surface area contributed by atoms with E-state index in [1.54, 1.807) is 5.01 Å². The van der Waals surface area contributed by atoms with Crippen molar-refractivity contribution in [2.75, 3.05) is 18.9 Å². The van der Waals surface area contributed by atoms with Gasteiger partial charge in [-0.05, 0) is 44.9 Å². The minimum Gasteiger partial charge on any atom is -0.494 e. The van der Waals surface area contributed by atoms with Gasteiger partial charge in [-0.2, -0.15) is 8.99 Å². The number of benzene rings is 1. The molecule has 1 aromatic rings. The maximum absolute atomic E-state index is 12.3. The summed E-state index contributed by atoms with van der Waals surface area (Å²) in [6.45, 7) is 6.74. The summed E-state index contributed by atoms with van der Waals surface area (Å²) in [6, 6.07) is 7.38. The fourth-order valence-corrected chi connectivity index (χ4v) is 2.61. The Labute approximate surface area is 168 Å². The Kier molecular flexibility index (Phi) is 7.98. The minimum atomic E-state index is -0.294. The van der Waals surface area contributed by atoms with Crippen LogP contribution in [0.3, 0.4) is 0 Å². The topological polar surface area (TPSA) is 51.1 Å². The second-order valence-electron chi connectivity index (χ2n) is 7.02. The van der Waals surface area contributed by atoms with Gasteiger partial charge >= 0.3 is 0 Å². The lowest BCUT2D eigenvalue weighted by atomic mass is 10.1. The molecule has 0 N–H and O–H groups in total. The highest BCUT2D eigenvalue weighted by Gasteiger charge is 2.27. The van der Waals surface area contributed by atoms with Crippen molar-refractivity contribution in [2.24, 2.45) is 5.10 Å². The zero-order chi connectivity index (χ0) is 19.9. The summed E-state index contributed by atoms with van der Waals surface area (Å²) in [5.41, 5.74) is 0.605. The number of hydrogen-bond acceptors (Lipinski definition) is 6. The fourth-order valence-electron chi connectivity index (χ4n) is 2.22. The maximum atomic E-state index is 12.3. The van der Waals surface area contributed by atoms with Gasteiger partial charge in [0.1, 0.15) is 23.9 Å². The lowest BCUT2D eigenvalue weighted by molar-refractivity contribution is -0.117.